The smallest absolute Gasteiger partial charge is 0.405 e. The van der Waals surface area contributed by atoms with Crippen molar-refractivity contribution in [3.05, 3.63) is 46.4 Å². The molecule has 1 aromatic carbocycles. The summed E-state index contributed by atoms with van der Waals surface area (Å²) in [5.41, 5.74) is 0.418. The second-order valence-electron chi connectivity index (χ2n) is 3.95. The van der Waals surface area contributed by atoms with E-state index in [0.29, 0.717) is 17.1 Å². The number of alkyl halides is 3. The van der Waals surface area contributed by atoms with Crippen LogP contribution in [-0.4, -0.2) is 17.9 Å². The normalized spacial score (nSPS) is 13.2. The van der Waals surface area contributed by atoms with E-state index in [-0.39, 0.29) is 5.75 Å². The summed E-state index contributed by atoms with van der Waals surface area (Å²) in [6, 6.07) is 5.68. The minimum atomic E-state index is -4.71. The van der Waals surface area contributed by atoms with Crippen LogP contribution in [0.3, 0.4) is 0 Å². The van der Waals surface area contributed by atoms with Gasteiger partial charge in [-0.05, 0) is 12.6 Å². The van der Waals surface area contributed by atoms with E-state index in [0.717, 1.165) is 0 Å². The maximum atomic E-state index is 12.5. The van der Waals surface area contributed by atoms with Crippen LogP contribution in [0.1, 0.15) is 23.5 Å². The van der Waals surface area contributed by atoms with Crippen molar-refractivity contribution in [3.63, 3.8) is 0 Å². The number of hydrogen-bond donors (Lipinski definition) is 1. The Morgan fingerprint density at radius 2 is 2.10 bits per heavy atom. The fourth-order valence-corrected chi connectivity index (χ4v) is 2.58. The third-order valence-electron chi connectivity index (χ3n) is 2.56. The van der Waals surface area contributed by atoms with Gasteiger partial charge in [-0.1, -0.05) is 25.1 Å². The van der Waals surface area contributed by atoms with Gasteiger partial charge in [-0.3, -0.25) is 0 Å². The van der Waals surface area contributed by atoms with Gasteiger partial charge in [0.15, 0.2) is 0 Å². The standard InChI is InChI=1S/C13H13F3N2OS/c1-2-17-11(12-18-7-8-20-12)9-5-3-4-6-10(9)19-13(14,15)16/h3-8,11,17H,2H2,1H3. The van der Waals surface area contributed by atoms with Crippen LogP contribution in [-0.2, 0) is 0 Å². The first-order valence-corrected chi connectivity index (χ1v) is 6.86. The van der Waals surface area contributed by atoms with Gasteiger partial charge in [-0.25, -0.2) is 4.98 Å². The fraction of sp³-hybridized carbons (Fsp3) is 0.308. The number of halogens is 3. The zero-order valence-corrected chi connectivity index (χ0v) is 11.5. The average molecular weight is 302 g/mol. The van der Waals surface area contributed by atoms with Gasteiger partial charge in [-0.15, -0.1) is 24.5 Å². The van der Waals surface area contributed by atoms with E-state index < -0.39 is 12.4 Å². The molecule has 3 nitrogen and oxygen atoms in total. The average Bonchev–Trinajstić information content (AvgIpc) is 2.89. The first kappa shape index (κ1) is 14.8. The molecule has 108 valence electrons. The van der Waals surface area contributed by atoms with Gasteiger partial charge >= 0.3 is 6.36 Å². The van der Waals surface area contributed by atoms with Crippen LogP contribution in [0, 0.1) is 0 Å². The van der Waals surface area contributed by atoms with Gasteiger partial charge in [-0.2, -0.15) is 0 Å². The number of hydrogen-bond acceptors (Lipinski definition) is 4. The first-order valence-electron chi connectivity index (χ1n) is 5.98. The molecule has 0 saturated carbocycles. The summed E-state index contributed by atoms with van der Waals surface area (Å²) in [4.78, 5) is 4.17. The number of nitrogens with one attached hydrogen (secondary N) is 1. The van der Waals surface area contributed by atoms with Crippen LogP contribution >= 0.6 is 11.3 Å². The van der Waals surface area contributed by atoms with E-state index in [1.54, 1.807) is 23.7 Å². The predicted molar refractivity (Wildman–Crippen MR) is 70.8 cm³/mol. The van der Waals surface area contributed by atoms with Crippen molar-refractivity contribution in [2.45, 2.75) is 19.3 Å². The lowest BCUT2D eigenvalue weighted by Gasteiger charge is -2.20. The van der Waals surface area contributed by atoms with Crippen LogP contribution in [0.4, 0.5) is 13.2 Å². The third kappa shape index (κ3) is 3.71. The predicted octanol–water partition coefficient (Wildman–Crippen LogP) is 3.74. The highest BCUT2D eigenvalue weighted by atomic mass is 32.1. The molecule has 2 rings (SSSR count). The summed E-state index contributed by atoms with van der Waals surface area (Å²) in [5, 5.41) is 5.61. The molecule has 0 amide bonds. The number of aromatic nitrogens is 1. The quantitative estimate of drug-likeness (QED) is 0.913. The Kier molecular flexibility index (Phi) is 4.61. The van der Waals surface area contributed by atoms with E-state index >= 15 is 0 Å². The largest absolute Gasteiger partial charge is 0.573 e. The minimum Gasteiger partial charge on any atom is -0.405 e. The monoisotopic (exact) mass is 302 g/mol. The summed E-state index contributed by atoms with van der Waals surface area (Å²) in [6.07, 6.45) is -3.09. The molecule has 0 aliphatic carbocycles. The maximum Gasteiger partial charge on any atom is 0.573 e. The molecule has 1 atom stereocenters. The highest BCUT2D eigenvalue weighted by Crippen LogP contribution is 2.33. The van der Waals surface area contributed by atoms with Gasteiger partial charge in [0.05, 0.1) is 6.04 Å². The number of rotatable bonds is 5. The molecule has 1 unspecified atom stereocenters. The molecule has 0 fully saturated rings. The van der Waals surface area contributed by atoms with E-state index in [9.17, 15) is 13.2 Å². The fourth-order valence-electron chi connectivity index (χ4n) is 1.85. The Hall–Kier alpha value is -1.60. The minimum absolute atomic E-state index is 0.207. The molecule has 2 aromatic rings. The van der Waals surface area contributed by atoms with Crippen molar-refractivity contribution in [2.75, 3.05) is 6.54 Å². The zero-order chi connectivity index (χ0) is 14.6. The number of para-hydroxylation sites is 1. The van der Waals surface area contributed by atoms with Gasteiger partial charge in [0.25, 0.3) is 0 Å². The lowest BCUT2D eigenvalue weighted by Crippen LogP contribution is -2.24. The molecule has 0 spiro atoms. The van der Waals surface area contributed by atoms with Crippen LogP contribution in [0.15, 0.2) is 35.8 Å². The highest BCUT2D eigenvalue weighted by Gasteiger charge is 2.33. The molecule has 0 radical (unpaired) electrons. The van der Waals surface area contributed by atoms with Crippen molar-refractivity contribution in [1.29, 1.82) is 0 Å². The third-order valence-corrected chi connectivity index (χ3v) is 3.40. The summed E-state index contributed by atoms with van der Waals surface area (Å²) in [5.74, 6) is -0.207. The second kappa shape index (κ2) is 6.23. The van der Waals surface area contributed by atoms with Gasteiger partial charge in [0, 0.05) is 17.1 Å². The Labute approximate surface area is 118 Å². The summed E-state index contributed by atoms with van der Waals surface area (Å²) in [7, 11) is 0. The van der Waals surface area contributed by atoms with Gasteiger partial charge in [0.2, 0.25) is 0 Å². The first-order chi connectivity index (χ1) is 9.51. The number of benzene rings is 1. The van der Waals surface area contributed by atoms with Gasteiger partial charge < -0.3 is 10.1 Å². The molecular formula is C13H13F3N2OS. The van der Waals surface area contributed by atoms with Crippen molar-refractivity contribution in [1.82, 2.24) is 10.3 Å². The summed E-state index contributed by atoms with van der Waals surface area (Å²) < 4.78 is 41.5. The number of nitrogens with zero attached hydrogens (tertiary/aromatic N) is 1. The molecule has 1 N–H and O–H groups in total. The van der Waals surface area contributed by atoms with Crippen molar-refractivity contribution < 1.29 is 17.9 Å². The molecule has 0 saturated heterocycles. The molecule has 1 aromatic heterocycles. The molecule has 7 heteroatoms. The lowest BCUT2D eigenvalue weighted by atomic mass is 10.1. The van der Waals surface area contributed by atoms with Crippen molar-refractivity contribution in [3.8, 4) is 5.75 Å². The molecule has 0 bridgehead atoms. The van der Waals surface area contributed by atoms with Crippen LogP contribution in [0.5, 0.6) is 5.75 Å². The SMILES string of the molecule is CCNC(c1nccs1)c1ccccc1OC(F)(F)F. The van der Waals surface area contributed by atoms with Crippen molar-refractivity contribution in [2.24, 2.45) is 0 Å². The van der Waals surface area contributed by atoms with E-state index in [2.05, 4.69) is 15.0 Å². The van der Waals surface area contributed by atoms with Gasteiger partial charge in [0.1, 0.15) is 10.8 Å². The molecular weight excluding hydrogens is 289 g/mol. The van der Waals surface area contributed by atoms with Crippen LogP contribution in [0.25, 0.3) is 0 Å². The molecule has 1 heterocycles. The molecule has 0 aliphatic heterocycles. The summed E-state index contributed by atoms with van der Waals surface area (Å²) >= 11 is 1.38. The van der Waals surface area contributed by atoms with E-state index in [1.807, 2.05) is 6.92 Å². The molecule has 0 aliphatic rings. The second-order valence-corrected chi connectivity index (χ2v) is 4.87. The Morgan fingerprint density at radius 1 is 1.35 bits per heavy atom. The molecule has 20 heavy (non-hydrogen) atoms. The Balaban J connectivity index is 2.38. The van der Waals surface area contributed by atoms with E-state index in [4.69, 9.17) is 0 Å². The Bertz CT molecular complexity index is 543. The van der Waals surface area contributed by atoms with Crippen LogP contribution < -0.4 is 10.1 Å². The topological polar surface area (TPSA) is 34.2 Å². The van der Waals surface area contributed by atoms with Crippen molar-refractivity contribution >= 4 is 11.3 Å². The van der Waals surface area contributed by atoms with E-state index in [1.165, 1.54) is 23.5 Å². The Morgan fingerprint density at radius 3 is 2.70 bits per heavy atom. The lowest BCUT2D eigenvalue weighted by molar-refractivity contribution is -0.275. The number of thiazole rings is 1. The maximum absolute atomic E-state index is 12.5. The zero-order valence-electron chi connectivity index (χ0n) is 10.6. The number of ether oxygens (including phenoxy) is 1. The van der Waals surface area contributed by atoms with Crippen LogP contribution in [0.2, 0.25) is 0 Å². The summed E-state index contributed by atoms with van der Waals surface area (Å²) in [6.45, 7) is 2.48. The highest BCUT2D eigenvalue weighted by molar-refractivity contribution is 7.09.